The molecular formula is C21H13F4N7O2. The fraction of sp³-hybridized carbons (Fsp3) is 0.143. The summed E-state index contributed by atoms with van der Waals surface area (Å²) in [6, 6.07) is 8.62. The predicted octanol–water partition coefficient (Wildman–Crippen LogP) is 3.09. The Labute approximate surface area is 188 Å². The summed E-state index contributed by atoms with van der Waals surface area (Å²) in [6.45, 7) is -0.968. The van der Waals surface area contributed by atoms with Gasteiger partial charge < -0.3 is 9.84 Å². The van der Waals surface area contributed by atoms with E-state index in [-0.39, 0.29) is 11.6 Å². The van der Waals surface area contributed by atoms with Crippen molar-refractivity contribution >= 4 is 0 Å². The maximum atomic E-state index is 15.7. The molecular weight excluding hydrogens is 458 g/mol. The largest absolute Gasteiger partial charge is 0.437 e. The molecule has 1 atom stereocenters. The van der Waals surface area contributed by atoms with E-state index < -0.39 is 41.0 Å². The van der Waals surface area contributed by atoms with Crippen LogP contribution in [0, 0.1) is 23.0 Å². The molecule has 0 spiro atoms. The second kappa shape index (κ2) is 8.83. The van der Waals surface area contributed by atoms with Crippen LogP contribution in [0.1, 0.15) is 16.8 Å². The molecule has 0 saturated heterocycles. The van der Waals surface area contributed by atoms with Gasteiger partial charge in [-0.15, -0.1) is 5.10 Å². The number of aliphatic hydroxyl groups is 1. The molecule has 0 fully saturated rings. The van der Waals surface area contributed by atoms with E-state index in [1.165, 1.54) is 18.3 Å². The smallest absolute Gasteiger partial charge is 0.323 e. The maximum Gasteiger partial charge on any atom is 0.323 e. The second-order valence-electron chi connectivity index (χ2n) is 7.04. The van der Waals surface area contributed by atoms with Crippen molar-refractivity contribution in [1.82, 2.24) is 30.2 Å². The van der Waals surface area contributed by atoms with Gasteiger partial charge in [-0.3, -0.25) is 4.98 Å². The molecule has 13 heteroatoms. The summed E-state index contributed by atoms with van der Waals surface area (Å²) in [5, 5.41) is 30.0. The van der Waals surface area contributed by atoms with Crippen LogP contribution in [0.4, 0.5) is 17.6 Å². The fourth-order valence-electron chi connectivity index (χ4n) is 3.13. The topological polar surface area (TPSA) is 123 Å². The van der Waals surface area contributed by atoms with E-state index in [0.717, 1.165) is 41.5 Å². The highest BCUT2D eigenvalue weighted by Gasteiger charge is 2.58. The Bertz CT molecular complexity index is 1330. The lowest BCUT2D eigenvalue weighted by Crippen LogP contribution is -2.48. The number of nitriles is 1. The van der Waals surface area contributed by atoms with Gasteiger partial charge in [0, 0.05) is 23.9 Å². The number of hydrogen-bond donors (Lipinski definition) is 1. The molecule has 1 aromatic carbocycles. The monoisotopic (exact) mass is 471 g/mol. The molecule has 0 radical (unpaired) electrons. The molecule has 1 unspecified atom stereocenters. The minimum absolute atomic E-state index is 0.0359. The highest BCUT2D eigenvalue weighted by Crippen LogP contribution is 2.46. The van der Waals surface area contributed by atoms with Gasteiger partial charge in [0.05, 0.1) is 18.3 Å². The van der Waals surface area contributed by atoms with Crippen molar-refractivity contribution in [3.05, 3.63) is 89.6 Å². The van der Waals surface area contributed by atoms with Crippen LogP contribution < -0.4 is 4.74 Å². The first kappa shape index (κ1) is 22.7. The highest BCUT2D eigenvalue weighted by molar-refractivity contribution is 5.34. The van der Waals surface area contributed by atoms with Gasteiger partial charge in [0.1, 0.15) is 35.5 Å². The Morgan fingerprint density at radius 2 is 1.88 bits per heavy atom. The normalized spacial score (nSPS) is 13.2. The third-order valence-corrected chi connectivity index (χ3v) is 4.82. The van der Waals surface area contributed by atoms with E-state index in [1.54, 1.807) is 0 Å². The summed E-state index contributed by atoms with van der Waals surface area (Å²) in [5.41, 5.74) is -4.75. The number of alkyl halides is 2. The third kappa shape index (κ3) is 4.26. The van der Waals surface area contributed by atoms with Gasteiger partial charge in [-0.2, -0.15) is 14.0 Å². The van der Waals surface area contributed by atoms with Crippen LogP contribution in [0.2, 0.25) is 0 Å². The lowest BCUT2D eigenvalue weighted by atomic mass is 9.84. The van der Waals surface area contributed by atoms with E-state index in [0.29, 0.717) is 11.6 Å². The molecule has 0 saturated carbocycles. The molecule has 0 bridgehead atoms. The second-order valence-corrected chi connectivity index (χ2v) is 7.04. The number of ether oxygens (including phenoxy) is 1. The van der Waals surface area contributed by atoms with Crippen molar-refractivity contribution in [3.63, 3.8) is 0 Å². The van der Waals surface area contributed by atoms with Gasteiger partial charge >= 0.3 is 5.92 Å². The number of aromatic nitrogens is 6. The molecule has 3 heterocycles. The average Bonchev–Trinajstić information content (AvgIpc) is 3.32. The number of rotatable bonds is 7. The number of benzene rings is 1. The van der Waals surface area contributed by atoms with Crippen LogP contribution in [-0.4, -0.2) is 35.3 Å². The number of tetrazole rings is 1. The summed E-state index contributed by atoms with van der Waals surface area (Å²) >= 11 is 0. The molecule has 9 nitrogen and oxygen atoms in total. The maximum absolute atomic E-state index is 15.7. The van der Waals surface area contributed by atoms with Gasteiger partial charge in [0.15, 0.2) is 5.60 Å². The minimum atomic E-state index is -4.19. The van der Waals surface area contributed by atoms with Crippen LogP contribution >= 0.6 is 0 Å². The van der Waals surface area contributed by atoms with Crippen molar-refractivity contribution in [2.75, 3.05) is 0 Å². The molecule has 0 aliphatic heterocycles. The van der Waals surface area contributed by atoms with Gasteiger partial charge in [-0.05, 0) is 40.8 Å². The van der Waals surface area contributed by atoms with E-state index in [9.17, 15) is 13.9 Å². The van der Waals surface area contributed by atoms with Crippen molar-refractivity contribution < 1.29 is 27.4 Å². The molecule has 4 aromatic rings. The Balaban J connectivity index is 1.68. The van der Waals surface area contributed by atoms with Gasteiger partial charge in [0.2, 0.25) is 5.88 Å². The number of halogens is 4. The Morgan fingerprint density at radius 3 is 2.47 bits per heavy atom. The third-order valence-electron chi connectivity index (χ3n) is 4.82. The average molecular weight is 471 g/mol. The van der Waals surface area contributed by atoms with Crippen molar-refractivity contribution in [2.45, 2.75) is 18.1 Å². The van der Waals surface area contributed by atoms with Crippen molar-refractivity contribution in [3.8, 4) is 17.7 Å². The summed E-state index contributed by atoms with van der Waals surface area (Å²) < 4.78 is 65.4. The number of hydrogen-bond acceptors (Lipinski definition) is 8. The first-order chi connectivity index (χ1) is 16.2. The van der Waals surface area contributed by atoms with Crippen LogP contribution in [0.15, 0.2) is 61.2 Å². The predicted molar refractivity (Wildman–Crippen MR) is 105 cm³/mol. The molecule has 4 rings (SSSR count). The zero-order valence-electron chi connectivity index (χ0n) is 17.0. The van der Waals surface area contributed by atoms with Gasteiger partial charge in [-0.1, -0.05) is 0 Å². The zero-order valence-corrected chi connectivity index (χ0v) is 17.0. The first-order valence-electron chi connectivity index (χ1n) is 9.50. The number of pyridine rings is 2. The molecule has 0 amide bonds. The van der Waals surface area contributed by atoms with E-state index in [1.807, 2.05) is 6.07 Å². The van der Waals surface area contributed by atoms with Crippen molar-refractivity contribution in [2.24, 2.45) is 0 Å². The van der Waals surface area contributed by atoms with Crippen LogP contribution in [0.25, 0.3) is 0 Å². The molecule has 34 heavy (non-hydrogen) atoms. The quantitative estimate of drug-likeness (QED) is 0.408. The zero-order chi connectivity index (χ0) is 24.3. The molecule has 0 aliphatic carbocycles. The van der Waals surface area contributed by atoms with E-state index in [4.69, 9.17) is 10.00 Å². The summed E-state index contributed by atoms with van der Waals surface area (Å²) in [7, 11) is 0. The molecule has 0 aliphatic rings. The summed E-state index contributed by atoms with van der Waals surface area (Å²) in [4.78, 5) is 7.57. The SMILES string of the molecule is N#Cc1ccc(Oc2ccc(C(F)(F)C(O)(Cn3cnnn3)c3ccc(F)cc3F)nc2)nc1. The lowest BCUT2D eigenvalue weighted by Gasteiger charge is -2.35. The summed E-state index contributed by atoms with van der Waals surface area (Å²) in [5.74, 6) is -6.46. The minimum Gasteiger partial charge on any atom is -0.437 e. The first-order valence-corrected chi connectivity index (χ1v) is 9.50. The van der Waals surface area contributed by atoms with Crippen LogP contribution in [0.5, 0.6) is 11.6 Å². The van der Waals surface area contributed by atoms with Gasteiger partial charge in [0.25, 0.3) is 0 Å². The number of nitrogens with zero attached hydrogens (tertiary/aromatic N) is 7. The fourth-order valence-corrected chi connectivity index (χ4v) is 3.13. The molecule has 1 N–H and O–H groups in total. The van der Waals surface area contributed by atoms with Gasteiger partial charge in [-0.25, -0.2) is 18.4 Å². The highest BCUT2D eigenvalue weighted by atomic mass is 19.3. The van der Waals surface area contributed by atoms with Crippen LogP contribution in [-0.2, 0) is 18.1 Å². The van der Waals surface area contributed by atoms with E-state index >= 15 is 8.78 Å². The standard InChI is InChI=1S/C21H13F4N7O2/c22-14-2-4-16(17(23)7-14)20(33,11-32-12-29-30-31-32)21(24,25)18-5-3-15(10-27-18)34-19-6-1-13(8-26)9-28-19/h1-7,9-10,12,33H,11H2. The van der Waals surface area contributed by atoms with Crippen molar-refractivity contribution in [1.29, 1.82) is 5.26 Å². The Morgan fingerprint density at radius 1 is 1.06 bits per heavy atom. The van der Waals surface area contributed by atoms with Crippen LogP contribution in [0.3, 0.4) is 0 Å². The van der Waals surface area contributed by atoms with E-state index in [2.05, 4.69) is 25.5 Å². The lowest BCUT2D eigenvalue weighted by molar-refractivity contribution is -0.207. The molecule has 3 aromatic heterocycles. The molecule has 172 valence electrons. The Hall–Kier alpha value is -4.44. The Kier molecular flexibility index (Phi) is 5.91. The summed E-state index contributed by atoms with van der Waals surface area (Å²) in [6.07, 6.45) is 3.18.